The van der Waals surface area contributed by atoms with E-state index in [1.54, 1.807) is 6.07 Å². The molecule has 114 valence electrons. The van der Waals surface area contributed by atoms with Crippen molar-refractivity contribution < 1.29 is 9.72 Å². The van der Waals surface area contributed by atoms with Crippen molar-refractivity contribution in [2.45, 2.75) is 25.3 Å². The van der Waals surface area contributed by atoms with Crippen LogP contribution in [0.1, 0.15) is 18.4 Å². The Bertz CT molecular complexity index is 504. The summed E-state index contributed by atoms with van der Waals surface area (Å²) < 4.78 is 0. The molecule has 1 aromatic rings. The Hall–Kier alpha value is -1.76. The highest BCUT2D eigenvalue weighted by Crippen LogP contribution is 2.16. The number of carbonyl (C=O) groups excluding carboxylic acids is 1. The van der Waals surface area contributed by atoms with Crippen molar-refractivity contribution >= 4 is 23.5 Å². The van der Waals surface area contributed by atoms with Crippen molar-refractivity contribution in [3.05, 3.63) is 39.9 Å². The summed E-state index contributed by atoms with van der Waals surface area (Å²) in [5, 5.41) is 16.4. The molecule has 2 N–H and O–H groups in total. The Morgan fingerprint density at radius 2 is 2.33 bits per heavy atom. The fraction of sp³-hybridized carbons (Fsp3) is 0.500. The molecule has 0 bridgehead atoms. The first-order valence-electron chi connectivity index (χ1n) is 7.00. The minimum absolute atomic E-state index is 0.0798. The third kappa shape index (κ3) is 5.26. The van der Waals surface area contributed by atoms with E-state index in [4.69, 9.17) is 0 Å². The predicted molar refractivity (Wildman–Crippen MR) is 83.7 cm³/mol. The molecule has 0 radical (unpaired) electrons. The van der Waals surface area contributed by atoms with Crippen LogP contribution in [-0.4, -0.2) is 35.0 Å². The topological polar surface area (TPSA) is 84.3 Å². The number of rotatable bonds is 5. The number of nitrogens with zero attached hydrogens (tertiary/aromatic N) is 1. The first kappa shape index (κ1) is 15.6. The van der Waals surface area contributed by atoms with E-state index in [1.165, 1.54) is 17.9 Å². The first-order valence-corrected chi connectivity index (χ1v) is 8.16. The Labute approximate surface area is 127 Å². The molecule has 0 aromatic heterocycles. The molecule has 1 fully saturated rings. The van der Waals surface area contributed by atoms with Gasteiger partial charge in [0.15, 0.2) is 0 Å². The van der Waals surface area contributed by atoms with Gasteiger partial charge >= 0.3 is 6.03 Å². The van der Waals surface area contributed by atoms with Crippen LogP contribution >= 0.6 is 11.8 Å². The van der Waals surface area contributed by atoms with Crippen LogP contribution in [-0.2, 0) is 6.42 Å². The Kier molecular flexibility index (Phi) is 5.86. The second-order valence-electron chi connectivity index (χ2n) is 4.99. The molecule has 0 unspecified atom stereocenters. The number of urea groups is 1. The van der Waals surface area contributed by atoms with Crippen molar-refractivity contribution in [3.63, 3.8) is 0 Å². The molecular formula is C14H19N3O3S. The summed E-state index contributed by atoms with van der Waals surface area (Å²) >= 11 is 1.86. The predicted octanol–water partition coefficient (Wildman–Crippen LogP) is 2.33. The molecule has 1 atom stereocenters. The SMILES string of the molecule is O=C(NCCc1cccc([N+](=O)[O-])c1)N[C@H]1CCCSC1. The van der Waals surface area contributed by atoms with E-state index in [1.807, 2.05) is 17.8 Å². The normalized spacial score (nSPS) is 18.0. The highest BCUT2D eigenvalue weighted by Gasteiger charge is 2.15. The van der Waals surface area contributed by atoms with E-state index in [-0.39, 0.29) is 17.8 Å². The third-order valence-corrected chi connectivity index (χ3v) is 4.53. The first-order chi connectivity index (χ1) is 10.1. The lowest BCUT2D eigenvalue weighted by Gasteiger charge is -2.22. The summed E-state index contributed by atoms with van der Waals surface area (Å²) in [5.41, 5.74) is 0.925. The zero-order chi connectivity index (χ0) is 15.1. The fourth-order valence-electron chi connectivity index (χ4n) is 2.24. The lowest BCUT2D eigenvalue weighted by atomic mass is 10.1. The van der Waals surface area contributed by atoms with Gasteiger partial charge in [0.2, 0.25) is 0 Å². The van der Waals surface area contributed by atoms with Gasteiger partial charge in [0.1, 0.15) is 0 Å². The lowest BCUT2D eigenvalue weighted by molar-refractivity contribution is -0.384. The van der Waals surface area contributed by atoms with E-state index in [0.29, 0.717) is 13.0 Å². The summed E-state index contributed by atoms with van der Waals surface area (Å²) in [6.45, 7) is 0.465. The van der Waals surface area contributed by atoms with Gasteiger partial charge < -0.3 is 10.6 Å². The van der Waals surface area contributed by atoms with Gasteiger partial charge in [-0.3, -0.25) is 10.1 Å². The molecular weight excluding hydrogens is 290 g/mol. The Morgan fingerprint density at radius 3 is 3.05 bits per heavy atom. The number of non-ortho nitro benzene ring substituents is 1. The van der Waals surface area contributed by atoms with Crippen LogP contribution in [0.4, 0.5) is 10.5 Å². The molecule has 7 heteroatoms. The molecule has 1 aliphatic rings. The van der Waals surface area contributed by atoms with Crippen molar-refractivity contribution in [2.75, 3.05) is 18.1 Å². The maximum Gasteiger partial charge on any atom is 0.315 e. The summed E-state index contributed by atoms with van der Waals surface area (Å²) in [4.78, 5) is 22.0. The summed E-state index contributed by atoms with van der Waals surface area (Å²) in [5.74, 6) is 2.14. The van der Waals surface area contributed by atoms with E-state index in [0.717, 1.165) is 24.2 Å². The van der Waals surface area contributed by atoms with Crippen LogP contribution in [0.5, 0.6) is 0 Å². The number of benzene rings is 1. The van der Waals surface area contributed by atoms with Gasteiger partial charge in [0, 0.05) is 30.5 Å². The van der Waals surface area contributed by atoms with E-state index < -0.39 is 4.92 Å². The molecule has 6 nitrogen and oxygen atoms in total. The number of nitro groups is 1. The number of thioether (sulfide) groups is 1. The van der Waals surface area contributed by atoms with Gasteiger partial charge in [-0.2, -0.15) is 11.8 Å². The zero-order valence-corrected chi connectivity index (χ0v) is 12.5. The number of amides is 2. The smallest absolute Gasteiger partial charge is 0.315 e. The Morgan fingerprint density at radius 1 is 1.48 bits per heavy atom. The van der Waals surface area contributed by atoms with Gasteiger partial charge in [-0.05, 0) is 30.6 Å². The van der Waals surface area contributed by atoms with Gasteiger partial charge in [0.25, 0.3) is 5.69 Å². The molecule has 0 spiro atoms. The van der Waals surface area contributed by atoms with Gasteiger partial charge in [-0.25, -0.2) is 4.79 Å². The van der Waals surface area contributed by atoms with Crippen molar-refractivity contribution in [1.29, 1.82) is 0 Å². The minimum Gasteiger partial charge on any atom is -0.338 e. The molecule has 0 saturated carbocycles. The average molecular weight is 309 g/mol. The quantitative estimate of drug-likeness (QED) is 0.646. The van der Waals surface area contributed by atoms with Crippen LogP contribution in [0, 0.1) is 10.1 Å². The molecule has 2 amide bonds. The standard InChI is InChI=1S/C14H19N3O3S/c18-14(16-12-4-2-8-21-10-12)15-7-6-11-3-1-5-13(9-11)17(19)20/h1,3,5,9,12H,2,4,6-8,10H2,(H2,15,16,18)/t12-/m0/s1. The molecule has 1 saturated heterocycles. The van der Waals surface area contributed by atoms with Crippen molar-refractivity contribution in [2.24, 2.45) is 0 Å². The van der Waals surface area contributed by atoms with E-state index in [9.17, 15) is 14.9 Å². The number of nitro benzene ring substituents is 1. The number of hydrogen-bond acceptors (Lipinski definition) is 4. The van der Waals surface area contributed by atoms with Crippen molar-refractivity contribution in [1.82, 2.24) is 10.6 Å². The number of carbonyl (C=O) groups is 1. The average Bonchev–Trinajstić information content (AvgIpc) is 2.48. The van der Waals surface area contributed by atoms with Crippen LogP contribution in [0.15, 0.2) is 24.3 Å². The lowest BCUT2D eigenvalue weighted by Crippen LogP contribution is -2.44. The summed E-state index contributed by atoms with van der Waals surface area (Å²) in [6.07, 6.45) is 2.75. The van der Waals surface area contributed by atoms with Crippen molar-refractivity contribution in [3.8, 4) is 0 Å². The highest BCUT2D eigenvalue weighted by atomic mass is 32.2. The fourth-order valence-corrected chi connectivity index (χ4v) is 3.31. The van der Waals surface area contributed by atoms with Gasteiger partial charge in [-0.15, -0.1) is 0 Å². The molecule has 0 aliphatic carbocycles. The molecule has 2 rings (SSSR count). The second kappa shape index (κ2) is 7.87. The van der Waals surface area contributed by atoms with Crippen LogP contribution in [0.25, 0.3) is 0 Å². The largest absolute Gasteiger partial charge is 0.338 e. The zero-order valence-electron chi connectivity index (χ0n) is 11.7. The number of nitrogens with one attached hydrogen (secondary N) is 2. The highest BCUT2D eigenvalue weighted by molar-refractivity contribution is 7.99. The van der Waals surface area contributed by atoms with E-state index in [2.05, 4.69) is 10.6 Å². The van der Waals surface area contributed by atoms with Gasteiger partial charge in [0.05, 0.1) is 4.92 Å². The maximum absolute atomic E-state index is 11.7. The van der Waals surface area contributed by atoms with E-state index >= 15 is 0 Å². The van der Waals surface area contributed by atoms with Gasteiger partial charge in [-0.1, -0.05) is 12.1 Å². The number of hydrogen-bond donors (Lipinski definition) is 2. The summed E-state index contributed by atoms with van der Waals surface area (Å²) in [6, 6.07) is 6.58. The van der Waals surface area contributed by atoms with Crippen LogP contribution in [0.3, 0.4) is 0 Å². The minimum atomic E-state index is -0.412. The molecule has 1 aromatic carbocycles. The maximum atomic E-state index is 11.7. The van der Waals surface area contributed by atoms with Crippen LogP contribution in [0.2, 0.25) is 0 Å². The summed E-state index contributed by atoms with van der Waals surface area (Å²) in [7, 11) is 0. The second-order valence-corrected chi connectivity index (χ2v) is 6.14. The molecule has 1 heterocycles. The third-order valence-electron chi connectivity index (χ3n) is 3.32. The van der Waals surface area contributed by atoms with Crippen LogP contribution < -0.4 is 10.6 Å². The molecule has 21 heavy (non-hydrogen) atoms. The monoisotopic (exact) mass is 309 g/mol. The molecule has 1 aliphatic heterocycles. The Balaban J connectivity index is 1.72.